The van der Waals surface area contributed by atoms with Crippen LogP contribution < -0.4 is 5.32 Å². The first-order chi connectivity index (χ1) is 12.3. The van der Waals surface area contributed by atoms with Gasteiger partial charge in [0.25, 0.3) is 5.91 Å². The lowest BCUT2D eigenvalue weighted by molar-refractivity contribution is -0.172. The van der Waals surface area contributed by atoms with E-state index >= 15 is 0 Å². The second-order valence-corrected chi connectivity index (χ2v) is 10.7. The van der Waals surface area contributed by atoms with Crippen molar-refractivity contribution in [2.75, 3.05) is 6.61 Å². The van der Waals surface area contributed by atoms with E-state index in [2.05, 4.69) is 19.2 Å². The van der Waals surface area contributed by atoms with Crippen molar-refractivity contribution in [2.45, 2.75) is 82.6 Å². The third-order valence-corrected chi connectivity index (χ3v) is 8.25. The minimum absolute atomic E-state index is 0.150. The Morgan fingerprint density at radius 1 is 1.12 bits per heavy atom. The van der Waals surface area contributed by atoms with Crippen LogP contribution >= 0.6 is 11.6 Å². The molecule has 0 heterocycles. The van der Waals surface area contributed by atoms with Crippen molar-refractivity contribution in [1.82, 2.24) is 5.32 Å². The van der Waals surface area contributed by atoms with Crippen LogP contribution in [0.3, 0.4) is 0 Å². The summed E-state index contributed by atoms with van der Waals surface area (Å²) in [5.41, 5.74) is -0.432. The van der Waals surface area contributed by atoms with Crippen molar-refractivity contribution in [3.8, 4) is 0 Å². The molecule has 0 aromatic carbocycles. The number of rotatable bonds is 4. The van der Waals surface area contributed by atoms with Crippen LogP contribution in [0.1, 0.15) is 71.6 Å². The van der Waals surface area contributed by atoms with Crippen LogP contribution in [0, 0.1) is 29.1 Å². The summed E-state index contributed by atoms with van der Waals surface area (Å²) in [4.78, 5) is 25.0. The maximum absolute atomic E-state index is 12.9. The molecular weight excluding hydrogens is 350 g/mol. The Morgan fingerprint density at radius 2 is 1.81 bits per heavy atom. The number of carbonyl (C=O) groups is 2. The van der Waals surface area contributed by atoms with Crippen molar-refractivity contribution in [2.24, 2.45) is 29.1 Å². The highest BCUT2D eigenvalue weighted by atomic mass is 35.5. The van der Waals surface area contributed by atoms with E-state index in [1.165, 1.54) is 12.8 Å². The summed E-state index contributed by atoms with van der Waals surface area (Å²) in [5, 5.41) is 3.09. The first kappa shape index (κ1) is 18.6. The predicted molar refractivity (Wildman–Crippen MR) is 101 cm³/mol. The molecule has 5 saturated carbocycles. The minimum atomic E-state index is -0.432. The Bertz CT molecular complexity index is 578. The maximum atomic E-state index is 12.9. The largest absolute Gasteiger partial charge is 0.455 e. The average molecular weight is 382 g/mol. The molecule has 2 unspecified atom stereocenters. The average Bonchev–Trinajstić information content (AvgIpc) is 2.54. The summed E-state index contributed by atoms with van der Waals surface area (Å²) in [6.45, 7) is 4.30. The van der Waals surface area contributed by atoms with Gasteiger partial charge in [-0.3, -0.25) is 9.59 Å². The molecule has 5 aliphatic rings. The molecule has 5 heteroatoms. The van der Waals surface area contributed by atoms with Gasteiger partial charge in [-0.25, -0.2) is 0 Å². The van der Waals surface area contributed by atoms with Crippen LogP contribution in [0.5, 0.6) is 0 Å². The Morgan fingerprint density at radius 3 is 2.46 bits per heavy atom. The highest BCUT2D eigenvalue weighted by Crippen LogP contribution is 2.64. The number of hydrogen-bond acceptors (Lipinski definition) is 3. The van der Waals surface area contributed by atoms with Gasteiger partial charge in [-0.15, -0.1) is 11.6 Å². The van der Waals surface area contributed by atoms with Gasteiger partial charge in [-0.05, 0) is 68.6 Å². The zero-order valence-electron chi connectivity index (χ0n) is 16.1. The smallest absolute Gasteiger partial charge is 0.312 e. The number of ether oxygens (including phenoxy) is 1. The molecule has 5 aliphatic carbocycles. The van der Waals surface area contributed by atoms with Crippen LogP contribution in [0.25, 0.3) is 0 Å². The van der Waals surface area contributed by atoms with Crippen LogP contribution in [-0.4, -0.2) is 29.4 Å². The lowest BCUT2D eigenvalue weighted by atomic mass is 9.49. The normalized spacial score (nSPS) is 46.8. The Balaban J connectivity index is 1.32. The molecule has 1 N–H and O–H groups in total. The molecule has 1 amide bonds. The van der Waals surface area contributed by atoms with Gasteiger partial charge >= 0.3 is 5.97 Å². The highest BCUT2D eigenvalue weighted by molar-refractivity contribution is 6.24. The van der Waals surface area contributed by atoms with Crippen LogP contribution in [0.2, 0.25) is 0 Å². The van der Waals surface area contributed by atoms with Gasteiger partial charge in [0.1, 0.15) is 0 Å². The standard InChI is InChI=1S/C21H32ClNO3/c1-13-4-3-5-17(14(13)2)23-18(24)11-26-19(25)20-7-15-6-16(8-20)10-21(22,9-15)12-20/h13-17H,3-12H2,1-2H3,(H,23,24)/t13-,14-,15-,16+,17+,20?,21?/m0/s1. The topological polar surface area (TPSA) is 55.4 Å². The van der Waals surface area contributed by atoms with Gasteiger partial charge in [-0.1, -0.05) is 26.7 Å². The lowest BCUT2D eigenvalue weighted by Crippen LogP contribution is -2.56. The summed E-state index contributed by atoms with van der Waals surface area (Å²) >= 11 is 6.80. The van der Waals surface area contributed by atoms with Crippen molar-refractivity contribution in [3.05, 3.63) is 0 Å². The number of alkyl halides is 1. The van der Waals surface area contributed by atoms with E-state index in [0.717, 1.165) is 44.9 Å². The van der Waals surface area contributed by atoms with Gasteiger partial charge in [0, 0.05) is 10.9 Å². The molecule has 0 radical (unpaired) electrons. The quantitative estimate of drug-likeness (QED) is 0.590. The second-order valence-electron chi connectivity index (χ2n) is 9.91. The van der Waals surface area contributed by atoms with Crippen LogP contribution in [0.4, 0.5) is 0 Å². The molecule has 0 aromatic heterocycles. The molecule has 146 valence electrons. The van der Waals surface area contributed by atoms with Crippen LogP contribution in [-0.2, 0) is 14.3 Å². The first-order valence-corrected chi connectivity index (χ1v) is 10.8. The molecule has 5 fully saturated rings. The monoisotopic (exact) mass is 381 g/mol. The van der Waals surface area contributed by atoms with Crippen molar-refractivity contribution in [1.29, 1.82) is 0 Å². The Labute approximate surface area is 161 Å². The van der Waals surface area contributed by atoms with E-state index in [9.17, 15) is 9.59 Å². The summed E-state index contributed by atoms with van der Waals surface area (Å²) in [6, 6.07) is 0.204. The summed E-state index contributed by atoms with van der Waals surface area (Å²) < 4.78 is 5.53. The van der Waals surface area contributed by atoms with Crippen molar-refractivity contribution >= 4 is 23.5 Å². The third kappa shape index (κ3) is 3.39. The third-order valence-electron chi connectivity index (χ3n) is 7.81. The van der Waals surface area contributed by atoms with Crippen molar-refractivity contribution in [3.63, 3.8) is 0 Å². The van der Waals surface area contributed by atoms with Gasteiger partial charge in [0.15, 0.2) is 6.61 Å². The van der Waals surface area contributed by atoms with E-state index in [1.807, 2.05) is 0 Å². The first-order valence-electron chi connectivity index (χ1n) is 10.4. The molecular formula is C21H32ClNO3. The van der Waals surface area contributed by atoms with E-state index in [4.69, 9.17) is 16.3 Å². The zero-order valence-corrected chi connectivity index (χ0v) is 16.8. The molecule has 4 nitrogen and oxygen atoms in total. The fourth-order valence-corrected chi connectivity index (χ4v) is 7.40. The van der Waals surface area contributed by atoms with Gasteiger partial charge in [-0.2, -0.15) is 0 Å². The van der Waals surface area contributed by atoms with E-state index < -0.39 is 5.41 Å². The molecule has 4 bridgehead atoms. The SMILES string of the molecule is C[C@H]1[C@@H](C)CCC[C@H]1NC(=O)COC(=O)C12C[C@@H]3C[C@@H](CC(Cl)(C3)C1)C2. The molecule has 0 spiro atoms. The highest BCUT2D eigenvalue weighted by Gasteiger charge is 2.60. The maximum Gasteiger partial charge on any atom is 0.312 e. The fourth-order valence-electron chi connectivity index (χ4n) is 6.71. The van der Waals surface area contributed by atoms with E-state index in [0.29, 0.717) is 23.7 Å². The lowest BCUT2D eigenvalue weighted by Gasteiger charge is -2.58. The Hall–Kier alpha value is -0.770. The number of nitrogens with one attached hydrogen (secondary N) is 1. The number of carbonyl (C=O) groups excluding carboxylic acids is 2. The predicted octanol–water partition coefficient (Wildman–Crippen LogP) is 4.05. The number of halogens is 1. The van der Waals surface area contributed by atoms with E-state index in [-0.39, 0.29) is 29.4 Å². The summed E-state index contributed by atoms with van der Waals surface area (Å²) in [6.07, 6.45) is 9.22. The number of esters is 1. The summed E-state index contributed by atoms with van der Waals surface area (Å²) in [7, 11) is 0. The molecule has 5 rings (SSSR count). The molecule has 0 aliphatic heterocycles. The molecule has 0 saturated heterocycles. The van der Waals surface area contributed by atoms with Crippen molar-refractivity contribution < 1.29 is 14.3 Å². The van der Waals surface area contributed by atoms with Crippen LogP contribution in [0.15, 0.2) is 0 Å². The number of amides is 1. The van der Waals surface area contributed by atoms with Gasteiger partial charge in [0.05, 0.1) is 5.41 Å². The fraction of sp³-hybridized carbons (Fsp3) is 0.905. The molecule has 7 atom stereocenters. The zero-order chi connectivity index (χ0) is 18.5. The van der Waals surface area contributed by atoms with E-state index in [1.54, 1.807) is 0 Å². The summed E-state index contributed by atoms with van der Waals surface area (Å²) in [5.74, 6) is 1.87. The molecule has 0 aromatic rings. The number of hydrogen-bond donors (Lipinski definition) is 1. The second kappa shape index (κ2) is 6.68. The minimum Gasteiger partial charge on any atom is -0.455 e. The molecule has 26 heavy (non-hydrogen) atoms. The Kier molecular flexibility index (Phi) is 4.78. The van der Waals surface area contributed by atoms with Gasteiger partial charge in [0.2, 0.25) is 0 Å². The van der Waals surface area contributed by atoms with Gasteiger partial charge < -0.3 is 10.1 Å².